The van der Waals surface area contributed by atoms with Gasteiger partial charge in [-0.2, -0.15) is 0 Å². The molecule has 16 heteroatoms. The number of thiazole rings is 1. The molecule has 0 radical (unpaired) electrons. The molecule has 6 heterocycles. The number of carbonyl (C=O) groups is 2. The van der Waals surface area contributed by atoms with Crippen LogP contribution < -0.4 is 5.32 Å². The number of hydrogen-bond acceptors (Lipinski definition) is 9. The van der Waals surface area contributed by atoms with E-state index < -0.39 is 30.2 Å². The van der Waals surface area contributed by atoms with Gasteiger partial charge in [0.15, 0.2) is 22.5 Å². The van der Waals surface area contributed by atoms with Crippen LogP contribution in [0.25, 0.3) is 28.4 Å². The van der Waals surface area contributed by atoms with Crippen LogP contribution >= 0.6 is 11.3 Å². The van der Waals surface area contributed by atoms with Gasteiger partial charge in [-0.3, -0.25) is 9.59 Å². The van der Waals surface area contributed by atoms with Gasteiger partial charge in [-0.15, -0.1) is 16.4 Å². The minimum Gasteiger partial charge on any atom is -0.345 e. The predicted molar refractivity (Wildman–Crippen MR) is 140 cm³/mol. The third-order valence-corrected chi connectivity index (χ3v) is 7.70. The van der Waals surface area contributed by atoms with Crippen LogP contribution in [-0.4, -0.2) is 75.3 Å². The van der Waals surface area contributed by atoms with E-state index in [0.717, 1.165) is 6.20 Å². The third kappa shape index (κ3) is 5.13. The van der Waals surface area contributed by atoms with Gasteiger partial charge in [0, 0.05) is 44.5 Å². The summed E-state index contributed by atoms with van der Waals surface area (Å²) in [5, 5.41) is 10.5. The third-order valence-electron chi connectivity index (χ3n) is 6.70. The van der Waals surface area contributed by atoms with Gasteiger partial charge in [0.05, 0.1) is 35.0 Å². The first-order valence-corrected chi connectivity index (χ1v) is 13.3. The van der Waals surface area contributed by atoms with Crippen LogP contribution in [0.5, 0.6) is 0 Å². The molecule has 0 bridgehead atoms. The monoisotopic (exact) mass is 582 g/mol. The Bertz CT molecular complexity index is 1740. The number of halogens is 3. The Labute approximate surface area is 233 Å². The predicted octanol–water partition coefficient (Wildman–Crippen LogP) is 3.20. The molecular weight excluding hydrogens is 561 g/mol. The number of pyridine rings is 2. The van der Waals surface area contributed by atoms with Crippen molar-refractivity contribution in [3.8, 4) is 17.3 Å². The summed E-state index contributed by atoms with van der Waals surface area (Å²) in [4.78, 5) is 43.8. The molecule has 0 saturated carbocycles. The Hall–Kier alpha value is -4.73. The van der Waals surface area contributed by atoms with Gasteiger partial charge in [-0.25, -0.2) is 37.8 Å². The fourth-order valence-electron chi connectivity index (χ4n) is 4.89. The fraction of sp³-hybridized carbons (Fsp3) is 0.280. The molecule has 1 fully saturated rings. The second kappa shape index (κ2) is 10.7. The van der Waals surface area contributed by atoms with Crippen LogP contribution in [0.15, 0.2) is 49.2 Å². The Balaban J connectivity index is 1.42. The molecule has 6 rings (SSSR count). The number of amides is 2. The Kier molecular flexibility index (Phi) is 6.90. The van der Waals surface area contributed by atoms with Gasteiger partial charge in [-0.1, -0.05) is 5.21 Å². The van der Waals surface area contributed by atoms with Crippen LogP contribution in [0, 0.1) is 5.82 Å². The zero-order chi connectivity index (χ0) is 28.7. The number of nitrogens with zero attached hydrogens (tertiary/aromatic N) is 9. The molecule has 1 aliphatic heterocycles. The number of imidazole rings is 1. The zero-order valence-corrected chi connectivity index (χ0v) is 22.2. The SMILES string of the molecule is CC(=O)N1CC(NC(=O)c2ncc(C(F)F)s2)CC(n2c(-c3ncccc3F)nc3cnc(-n4ccnn4)cc32)C1. The highest BCUT2D eigenvalue weighted by atomic mass is 32.1. The van der Waals surface area contributed by atoms with Crippen molar-refractivity contribution in [3.05, 3.63) is 64.9 Å². The summed E-state index contributed by atoms with van der Waals surface area (Å²) in [6.45, 7) is 1.84. The van der Waals surface area contributed by atoms with E-state index >= 15 is 4.39 Å². The van der Waals surface area contributed by atoms with Gasteiger partial charge < -0.3 is 14.8 Å². The maximum absolute atomic E-state index is 15.0. The highest BCUT2D eigenvalue weighted by Gasteiger charge is 2.34. The van der Waals surface area contributed by atoms with E-state index in [1.165, 1.54) is 42.3 Å². The molecule has 2 amide bonds. The summed E-state index contributed by atoms with van der Waals surface area (Å²) in [6.07, 6.45) is 4.66. The average molecular weight is 583 g/mol. The number of nitrogens with one attached hydrogen (secondary N) is 1. The lowest BCUT2D eigenvalue weighted by atomic mass is 9.99. The van der Waals surface area contributed by atoms with Gasteiger partial charge in [-0.05, 0) is 18.6 Å². The van der Waals surface area contributed by atoms with Crippen LogP contribution in [0.3, 0.4) is 0 Å². The highest BCUT2D eigenvalue weighted by Crippen LogP contribution is 2.34. The summed E-state index contributed by atoms with van der Waals surface area (Å²) in [5.74, 6) is -0.788. The van der Waals surface area contributed by atoms with E-state index in [2.05, 4.69) is 35.6 Å². The number of fused-ring (bicyclic) bond motifs is 1. The van der Waals surface area contributed by atoms with E-state index in [4.69, 9.17) is 0 Å². The van der Waals surface area contributed by atoms with Gasteiger partial charge in [0.2, 0.25) is 5.91 Å². The molecule has 12 nitrogen and oxygen atoms in total. The molecule has 5 aromatic rings. The van der Waals surface area contributed by atoms with Crippen LogP contribution in [0.4, 0.5) is 13.2 Å². The molecule has 210 valence electrons. The second-order valence-electron chi connectivity index (χ2n) is 9.37. The maximum Gasteiger partial charge on any atom is 0.280 e. The standard InChI is InChI=1S/C25H21F3N10O2S/c1-13(39)36-11-14(33-24(40)25-31-10-19(41-25)22(27)28)7-15(12-36)38-18-8-20(37-6-5-32-35-37)30-9-17(18)34-23(38)21-16(26)3-2-4-29-21/h2-6,8-10,14-15,22H,7,11-12H2,1H3,(H,33,40). The molecule has 41 heavy (non-hydrogen) atoms. The molecular formula is C25H21F3N10O2S. The number of carbonyl (C=O) groups excluding carboxylic acids is 2. The molecule has 2 unspecified atom stereocenters. The smallest absolute Gasteiger partial charge is 0.280 e. The number of alkyl halides is 2. The van der Waals surface area contributed by atoms with Crippen LogP contribution in [-0.2, 0) is 4.79 Å². The normalized spacial score (nSPS) is 17.3. The topological polar surface area (TPSA) is 137 Å². The van der Waals surface area contributed by atoms with Gasteiger partial charge in [0.25, 0.3) is 12.3 Å². The Morgan fingerprint density at radius 1 is 1.15 bits per heavy atom. The van der Waals surface area contributed by atoms with E-state index in [1.807, 2.05) is 0 Å². The van der Waals surface area contributed by atoms with Gasteiger partial charge >= 0.3 is 0 Å². The summed E-state index contributed by atoms with van der Waals surface area (Å²) < 4.78 is 44.4. The molecule has 0 aliphatic carbocycles. The van der Waals surface area contributed by atoms with Crippen LogP contribution in [0.2, 0.25) is 0 Å². The minimum absolute atomic E-state index is 0.00820. The van der Waals surface area contributed by atoms with E-state index in [1.54, 1.807) is 21.7 Å². The number of hydrogen-bond donors (Lipinski definition) is 1. The first-order valence-electron chi connectivity index (χ1n) is 12.4. The second-order valence-corrected chi connectivity index (χ2v) is 10.4. The average Bonchev–Trinajstić information content (AvgIpc) is 3.73. The number of aromatic nitrogens is 8. The molecule has 0 spiro atoms. The van der Waals surface area contributed by atoms with Gasteiger partial charge in [0.1, 0.15) is 11.2 Å². The highest BCUT2D eigenvalue weighted by molar-refractivity contribution is 7.13. The quantitative estimate of drug-likeness (QED) is 0.322. The van der Waals surface area contributed by atoms with Crippen molar-refractivity contribution in [1.82, 2.24) is 49.7 Å². The molecule has 0 aromatic carbocycles. The van der Waals surface area contributed by atoms with Crippen molar-refractivity contribution in [2.75, 3.05) is 13.1 Å². The van der Waals surface area contributed by atoms with E-state index in [0.29, 0.717) is 34.6 Å². The number of rotatable bonds is 6. The zero-order valence-electron chi connectivity index (χ0n) is 21.4. The fourth-order valence-corrected chi connectivity index (χ4v) is 5.57. The van der Waals surface area contributed by atoms with Crippen LogP contribution in [0.1, 0.15) is 40.5 Å². The van der Waals surface area contributed by atoms with Crippen molar-refractivity contribution in [3.63, 3.8) is 0 Å². The van der Waals surface area contributed by atoms with Crippen molar-refractivity contribution in [2.24, 2.45) is 0 Å². The van der Waals surface area contributed by atoms with Crippen molar-refractivity contribution in [2.45, 2.75) is 31.9 Å². The first-order chi connectivity index (χ1) is 19.8. The lowest BCUT2D eigenvalue weighted by Crippen LogP contribution is -2.52. The first kappa shape index (κ1) is 26.5. The summed E-state index contributed by atoms with van der Waals surface area (Å²) in [5.41, 5.74) is 1.04. The molecule has 1 N–H and O–H groups in total. The Morgan fingerprint density at radius 3 is 2.71 bits per heavy atom. The molecule has 2 atom stereocenters. The lowest BCUT2D eigenvalue weighted by molar-refractivity contribution is -0.130. The van der Waals surface area contributed by atoms with Crippen molar-refractivity contribution >= 4 is 34.2 Å². The minimum atomic E-state index is -2.74. The summed E-state index contributed by atoms with van der Waals surface area (Å²) in [6, 6.07) is 3.41. The molecule has 1 aliphatic rings. The largest absolute Gasteiger partial charge is 0.345 e. The van der Waals surface area contributed by atoms with Crippen molar-refractivity contribution < 1.29 is 22.8 Å². The summed E-state index contributed by atoms with van der Waals surface area (Å²) in [7, 11) is 0. The van der Waals surface area contributed by atoms with E-state index in [-0.39, 0.29) is 40.4 Å². The molecule has 1 saturated heterocycles. The lowest BCUT2D eigenvalue weighted by Gasteiger charge is -2.38. The number of likely N-dealkylation sites (tertiary alicyclic amines) is 1. The Morgan fingerprint density at radius 2 is 2.00 bits per heavy atom. The maximum atomic E-state index is 15.0. The molecule has 5 aromatic heterocycles. The van der Waals surface area contributed by atoms with Crippen molar-refractivity contribution in [1.29, 1.82) is 0 Å². The summed E-state index contributed by atoms with van der Waals surface area (Å²) >= 11 is 0.608. The van der Waals surface area contributed by atoms with E-state index in [9.17, 15) is 18.4 Å². The number of piperidine rings is 1.